The van der Waals surface area contributed by atoms with Crippen LogP contribution in [0.5, 0.6) is 0 Å². The number of carbonyl (C=O) groups excluding carboxylic acids is 2. The van der Waals surface area contributed by atoms with Crippen molar-refractivity contribution >= 4 is 28.6 Å². The normalized spacial score (nSPS) is 35.6. The molecule has 1 aromatic carbocycles. The molecule has 1 N–H and O–H groups in total. The van der Waals surface area contributed by atoms with Gasteiger partial charge in [-0.3, -0.25) is 9.59 Å². The van der Waals surface area contributed by atoms with Crippen LogP contribution in [0.4, 0.5) is 5.69 Å². The third kappa shape index (κ3) is 3.01. The van der Waals surface area contributed by atoms with Gasteiger partial charge in [0.2, 0.25) is 11.8 Å². The summed E-state index contributed by atoms with van der Waals surface area (Å²) in [6, 6.07) is 5.30. The lowest BCUT2D eigenvalue weighted by atomic mass is 9.49. The first-order chi connectivity index (χ1) is 15.6. The topological polar surface area (TPSA) is 75.4 Å². The molecular weight excluding hydrogens is 402 g/mol. The van der Waals surface area contributed by atoms with Crippen molar-refractivity contribution in [3.05, 3.63) is 24.1 Å². The van der Waals surface area contributed by atoms with Crippen LogP contribution in [0.25, 0.3) is 11.1 Å². The highest BCUT2D eigenvalue weighted by atomic mass is 16.3. The van der Waals surface area contributed by atoms with Gasteiger partial charge in [0.15, 0.2) is 11.5 Å². The molecule has 1 aliphatic heterocycles. The fourth-order valence-electron chi connectivity index (χ4n) is 7.71. The lowest BCUT2D eigenvalue weighted by Crippen LogP contribution is -2.56. The third-order valence-corrected chi connectivity index (χ3v) is 8.91. The predicted molar refractivity (Wildman–Crippen MR) is 120 cm³/mol. The maximum Gasteiger partial charge on any atom is 0.247 e. The van der Waals surface area contributed by atoms with E-state index in [1.807, 2.05) is 23.1 Å². The van der Waals surface area contributed by atoms with Crippen LogP contribution in [-0.4, -0.2) is 34.3 Å². The van der Waals surface area contributed by atoms with Gasteiger partial charge in [-0.1, -0.05) is 0 Å². The van der Waals surface area contributed by atoms with Crippen LogP contribution in [0.15, 0.2) is 22.6 Å². The lowest BCUT2D eigenvalue weighted by Gasteiger charge is -2.56. The number of hydrogen-bond acceptors (Lipinski definition) is 4. The van der Waals surface area contributed by atoms with Gasteiger partial charge in [0.05, 0.1) is 5.41 Å². The number of anilines is 1. The van der Waals surface area contributed by atoms with Crippen molar-refractivity contribution in [2.45, 2.75) is 76.2 Å². The monoisotopic (exact) mass is 433 g/mol. The number of aromatic nitrogens is 1. The Hall–Kier alpha value is -2.37. The van der Waals surface area contributed by atoms with Crippen molar-refractivity contribution in [3.8, 4) is 0 Å². The van der Waals surface area contributed by atoms with E-state index in [0.29, 0.717) is 12.5 Å². The van der Waals surface area contributed by atoms with Crippen LogP contribution in [0.3, 0.4) is 0 Å². The second-order valence-electron chi connectivity index (χ2n) is 11.4. The molecule has 5 aliphatic carbocycles. The summed E-state index contributed by atoms with van der Waals surface area (Å²) >= 11 is 0. The Kier molecular flexibility index (Phi) is 4.07. The number of oxazole rings is 1. The summed E-state index contributed by atoms with van der Waals surface area (Å²) in [6.07, 6.45) is 11.1. The van der Waals surface area contributed by atoms with Crippen molar-refractivity contribution in [1.82, 2.24) is 9.88 Å². The molecule has 0 spiro atoms. The van der Waals surface area contributed by atoms with Crippen molar-refractivity contribution < 1.29 is 14.0 Å². The molecule has 6 heteroatoms. The molecule has 6 aliphatic rings. The van der Waals surface area contributed by atoms with E-state index in [2.05, 4.69) is 10.3 Å². The van der Waals surface area contributed by atoms with Gasteiger partial charge in [-0.15, -0.1) is 0 Å². The minimum Gasteiger partial charge on any atom is -0.440 e. The van der Waals surface area contributed by atoms with Gasteiger partial charge in [0.1, 0.15) is 11.6 Å². The van der Waals surface area contributed by atoms with Gasteiger partial charge in [0, 0.05) is 18.2 Å². The number of nitrogens with one attached hydrogen (secondary N) is 1. The molecule has 2 aromatic rings. The van der Waals surface area contributed by atoms with Crippen molar-refractivity contribution in [2.75, 3.05) is 11.9 Å². The molecule has 1 aromatic heterocycles. The quantitative estimate of drug-likeness (QED) is 0.748. The number of benzene rings is 1. The Morgan fingerprint density at radius 3 is 2.44 bits per heavy atom. The van der Waals surface area contributed by atoms with Crippen LogP contribution in [-0.2, 0) is 9.59 Å². The molecule has 8 rings (SSSR count). The molecule has 6 nitrogen and oxygen atoms in total. The molecule has 32 heavy (non-hydrogen) atoms. The van der Waals surface area contributed by atoms with Crippen LogP contribution >= 0.6 is 0 Å². The van der Waals surface area contributed by atoms with Crippen LogP contribution < -0.4 is 5.32 Å². The van der Waals surface area contributed by atoms with E-state index in [-0.39, 0.29) is 23.3 Å². The minimum atomic E-state index is -0.356. The molecule has 0 radical (unpaired) electrons. The van der Waals surface area contributed by atoms with Crippen molar-refractivity contribution in [1.29, 1.82) is 0 Å². The maximum atomic E-state index is 13.8. The molecular formula is C26H31N3O3. The van der Waals surface area contributed by atoms with Crippen LogP contribution in [0, 0.1) is 23.2 Å². The van der Waals surface area contributed by atoms with E-state index in [1.54, 1.807) is 0 Å². The molecule has 2 heterocycles. The molecule has 5 saturated carbocycles. The van der Waals surface area contributed by atoms with E-state index < -0.39 is 0 Å². The number of nitrogens with zero attached hydrogens (tertiary/aromatic N) is 2. The van der Waals surface area contributed by atoms with Gasteiger partial charge in [-0.25, -0.2) is 4.98 Å². The lowest BCUT2D eigenvalue weighted by molar-refractivity contribution is -0.160. The standard InChI is InChI=1S/C26H31N3O3/c30-23(27-19-5-6-22-20(11-19)28-24(32-22)18-3-4-18)21-2-1-7-29(21)25(31)26-12-15-8-16(13-26)10-17(9-15)14-26/h5-6,11,15-18,21H,1-4,7-10,12-14H2,(H,27,30). The fraction of sp³-hybridized carbons (Fsp3) is 0.654. The highest BCUT2D eigenvalue weighted by molar-refractivity contribution is 5.99. The summed E-state index contributed by atoms with van der Waals surface area (Å²) in [5.41, 5.74) is 2.10. The first-order valence-corrected chi connectivity index (χ1v) is 12.6. The number of carbonyl (C=O) groups is 2. The van der Waals surface area contributed by atoms with E-state index in [1.165, 1.54) is 19.3 Å². The molecule has 1 unspecified atom stereocenters. The Morgan fingerprint density at radius 1 is 1.03 bits per heavy atom. The maximum absolute atomic E-state index is 13.8. The zero-order valence-electron chi connectivity index (χ0n) is 18.5. The Labute approximate surface area is 188 Å². The van der Waals surface area contributed by atoms with E-state index >= 15 is 0 Å². The molecule has 6 fully saturated rings. The number of hydrogen-bond donors (Lipinski definition) is 1. The van der Waals surface area contributed by atoms with Crippen LogP contribution in [0.1, 0.15) is 76.0 Å². The summed E-state index contributed by atoms with van der Waals surface area (Å²) in [6.45, 7) is 0.714. The third-order valence-electron chi connectivity index (χ3n) is 8.91. The molecule has 4 bridgehead atoms. The van der Waals surface area contributed by atoms with Gasteiger partial charge in [-0.05, 0) is 100 Å². The zero-order chi connectivity index (χ0) is 21.4. The molecule has 2 amide bonds. The SMILES string of the molecule is O=C(Nc1ccc2oc(C3CC3)nc2c1)C1CCCN1C(=O)C12CC3CC(CC(C3)C1)C2. The van der Waals surface area contributed by atoms with E-state index in [4.69, 9.17) is 4.42 Å². The highest BCUT2D eigenvalue weighted by Gasteiger charge is 2.56. The van der Waals surface area contributed by atoms with Gasteiger partial charge in [0.25, 0.3) is 0 Å². The summed E-state index contributed by atoms with van der Waals surface area (Å²) in [5.74, 6) is 3.68. The number of likely N-dealkylation sites (tertiary alicyclic amines) is 1. The number of amides is 2. The second kappa shape index (κ2) is 6.82. The average Bonchev–Trinajstić information content (AvgIpc) is 3.34. The Morgan fingerprint density at radius 2 is 1.75 bits per heavy atom. The van der Waals surface area contributed by atoms with E-state index in [0.717, 1.165) is 85.4 Å². The molecule has 1 saturated heterocycles. The zero-order valence-corrected chi connectivity index (χ0v) is 18.5. The highest BCUT2D eigenvalue weighted by Crippen LogP contribution is 2.60. The average molecular weight is 434 g/mol. The summed E-state index contributed by atoms with van der Waals surface area (Å²) in [5, 5.41) is 3.07. The summed E-state index contributed by atoms with van der Waals surface area (Å²) in [4.78, 5) is 33.6. The number of fused-ring (bicyclic) bond motifs is 1. The molecule has 168 valence electrons. The Bertz CT molecular complexity index is 1070. The second-order valence-corrected chi connectivity index (χ2v) is 11.4. The first kappa shape index (κ1) is 19.1. The van der Waals surface area contributed by atoms with Gasteiger partial charge >= 0.3 is 0 Å². The fourth-order valence-corrected chi connectivity index (χ4v) is 7.71. The first-order valence-electron chi connectivity index (χ1n) is 12.6. The smallest absolute Gasteiger partial charge is 0.247 e. The van der Waals surface area contributed by atoms with E-state index in [9.17, 15) is 9.59 Å². The summed E-state index contributed by atoms with van der Waals surface area (Å²) < 4.78 is 5.84. The van der Waals surface area contributed by atoms with Gasteiger partial charge in [-0.2, -0.15) is 0 Å². The predicted octanol–water partition coefficient (Wildman–Crippen LogP) is 4.85. The molecule has 1 atom stereocenters. The van der Waals surface area contributed by atoms with Crippen molar-refractivity contribution in [2.24, 2.45) is 23.2 Å². The van der Waals surface area contributed by atoms with Gasteiger partial charge < -0.3 is 14.6 Å². The summed E-state index contributed by atoms with van der Waals surface area (Å²) in [7, 11) is 0. The Balaban J connectivity index is 1.09. The van der Waals surface area contributed by atoms with Crippen molar-refractivity contribution in [3.63, 3.8) is 0 Å². The minimum absolute atomic E-state index is 0.0640. The number of rotatable bonds is 4. The largest absolute Gasteiger partial charge is 0.440 e. The van der Waals surface area contributed by atoms with Crippen LogP contribution in [0.2, 0.25) is 0 Å².